The van der Waals surface area contributed by atoms with Crippen LogP contribution < -0.4 is 0 Å². The summed E-state index contributed by atoms with van der Waals surface area (Å²) in [5.74, 6) is 0.565. The maximum Gasteiger partial charge on any atom is 0.0146 e. The summed E-state index contributed by atoms with van der Waals surface area (Å²) in [6.45, 7) is 16.0. The van der Waals surface area contributed by atoms with E-state index in [9.17, 15) is 0 Å². The monoisotopic (exact) mass is 384 g/mol. The van der Waals surface area contributed by atoms with Crippen molar-refractivity contribution >= 4 is 0 Å². The average molecular weight is 385 g/mol. The van der Waals surface area contributed by atoms with Gasteiger partial charge in [-0.3, -0.25) is 0 Å². The van der Waals surface area contributed by atoms with Crippen molar-refractivity contribution in [2.24, 2.45) is 0 Å². The summed E-state index contributed by atoms with van der Waals surface area (Å²) in [7, 11) is 0. The zero-order chi connectivity index (χ0) is 21.2. The SMILES string of the molecule is CCc1ccc(C(C)(C)c2cccc(C(C)(C)c3ccc(C(C)C)cc3)c2)cc1. The zero-order valence-electron chi connectivity index (χ0n) is 19.2. The molecule has 152 valence electrons. The molecular weight excluding hydrogens is 348 g/mol. The summed E-state index contributed by atoms with van der Waals surface area (Å²) in [4.78, 5) is 0. The maximum atomic E-state index is 2.41. The van der Waals surface area contributed by atoms with Gasteiger partial charge in [-0.1, -0.05) is 121 Å². The Bertz CT molecular complexity index is 938. The van der Waals surface area contributed by atoms with Gasteiger partial charge in [0.25, 0.3) is 0 Å². The second kappa shape index (κ2) is 8.19. The third kappa shape index (κ3) is 4.32. The Morgan fingerprint density at radius 2 is 1.07 bits per heavy atom. The molecular formula is C29H36. The van der Waals surface area contributed by atoms with Crippen LogP contribution in [0.1, 0.15) is 87.8 Å². The fourth-order valence-corrected chi connectivity index (χ4v) is 4.07. The summed E-state index contributed by atoms with van der Waals surface area (Å²) < 4.78 is 0. The summed E-state index contributed by atoms with van der Waals surface area (Å²) in [6.07, 6.45) is 1.08. The van der Waals surface area contributed by atoms with Crippen LogP contribution in [-0.4, -0.2) is 0 Å². The van der Waals surface area contributed by atoms with E-state index in [-0.39, 0.29) is 10.8 Å². The Balaban J connectivity index is 1.96. The van der Waals surface area contributed by atoms with Crippen LogP contribution in [0.5, 0.6) is 0 Å². The van der Waals surface area contributed by atoms with Gasteiger partial charge in [-0.25, -0.2) is 0 Å². The predicted molar refractivity (Wildman–Crippen MR) is 127 cm³/mol. The fraction of sp³-hybridized carbons (Fsp3) is 0.379. The highest BCUT2D eigenvalue weighted by Gasteiger charge is 2.27. The van der Waals surface area contributed by atoms with Crippen LogP contribution in [-0.2, 0) is 17.3 Å². The minimum atomic E-state index is -0.0341. The summed E-state index contributed by atoms with van der Waals surface area (Å²) >= 11 is 0. The Morgan fingerprint density at radius 3 is 1.48 bits per heavy atom. The number of hydrogen-bond acceptors (Lipinski definition) is 0. The Hall–Kier alpha value is -2.34. The first-order valence-corrected chi connectivity index (χ1v) is 11.0. The Kier molecular flexibility index (Phi) is 6.03. The zero-order valence-corrected chi connectivity index (χ0v) is 19.2. The molecule has 0 heterocycles. The minimum Gasteiger partial charge on any atom is -0.0617 e. The lowest BCUT2D eigenvalue weighted by atomic mass is 9.73. The van der Waals surface area contributed by atoms with E-state index in [0.717, 1.165) is 6.42 Å². The second-order valence-electron chi connectivity index (χ2n) is 9.66. The highest BCUT2D eigenvalue weighted by Crippen LogP contribution is 2.37. The van der Waals surface area contributed by atoms with Crippen LogP contribution in [0.25, 0.3) is 0 Å². The molecule has 0 amide bonds. The van der Waals surface area contributed by atoms with E-state index in [0.29, 0.717) is 5.92 Å². The van der Waals surface area contributed by atoms with Gasteiger partial charge in [0.1, 0.15) is 0 Å². The van der Waals surface area contributed by atoms with Gasteiger partial charge in [0.05, 0.1) is 0 Å². The van der Waals surface area contributed by atoms with Gasteiger partial charge >= 0.3 is 0 Å². The lowest BCUT2D eigenvalue weighted by Crippen LogP contribution is -2.23. The molecule has 0 N–H and O–H groups in total. The van der Waals surface area contributed by atoms with E-state index < -0.39 is 0 Å². The van der Waals surface area contributed by atoms with Crippen molar-refractivity contribution in [3.63, 3.8) is 0 Å². The minimum absolute atomic E-state index is 0.0279. The van der Waals surface area contributed by atoms with Crippen LogP contribution in [0.2, 0.25) is 0 Å². The summed E-state index contributed by atoms with van der Waals surface area (Å²) in [6, 6.07) is 27.5. The molecule has 0 saturated heterocycles. The smallest absolute Gasteiger partial charge is 0.0146 e. The van der Waals surface area contributed by atoms with Gasteiger partial charge in [0, 0.05) is 10.8 Å². The number of benzene rings is 3. The number of aryl methyl sites for hydroxylation is 1. The molecule has 0 saturated carbocycles. The second-order valence-corrected chi connectivity index (χ2v) is 9.66. The molecule has 0 radical (unpaired) electrons. The van der Waals surface area contributed by atoms with Crippen LogP contribution in [0.4, 0.5) is 0 Å². The lowest BCUT2D eigenvalue weighted by Gasteiger charge is -2.31. The molecule has 3 rings (SSSR count). The molecule has 3 aromatic rings. The van der Waals surface area contributed by atoms with Gasteiger partial charge in [-0.05, 0) is 45.7 Å². The largest absolute Gasteiger partial charge is 0.0617 e. The first-order valence-electron chi connectivity index (χ1n) is 11.0. The molecule has 3 aromatic carbocycles. The fourth-order valence-electron chi connectivity index (χ4n) is 4.07. The van der Waals surface area contributed by atoms with Crippen molar-refractivity contribution in [3.05, 3.63) is 106 Å². The third-order valence-electron chi connectivity index (χ3n) is 6.69. The maximum absolute atomic E-state index is 2.41. The first kappa shape index (κ1) is 21.4. The number of rotatable bonds is 6. The van der Waals surface area contributed by atoms with Gasteiger partial charge in [-0.15, -0.1) is 0 Å². The molecule has 0 bridgehead atoms. The molecule has 0 aromatic heterocycles. The van der Waals surface area contributed by atoms with E-state index in [1.165, 1.54) is 33.4 Å². The summed E-state index contributed by atoms with van der Waals surface area (Å²) in [5.41, 5.74) is 8.19. The average Bonchev–Trinajstić information content (AvgIpc) is 2.74. The van der Waals surface area contributed by atoms with Crippen molar-refractivity contribution < 1.29 is 0 Å². The van der Waals surface area contributed by atoms with E-state index in [1.807, 2.05) is 0 Å². The molecule has 0 spiro atoms. The molecule has 0 aliphatic rings. The molecule has 0 heteroatoms. The number of hydrogen-bond donors (Lipinski definition) is 0. The normalized spacial score (nSPS) is 12.4. The van der Waals surface area contributed by atoms with Gasteiger partial charge < -0.3 is 0 Å². The third-order valence-corrected chi connectivity index (χ3v) is 6.69. The van der Waals surface area contributed by atoms with Crippen LogP contribution in [0, 0.1) is 0 Å². The van der Waals surface area contributed by atoms with Crippen molar-refractivity contribution in [1.29, 1.82) is 0 Å². The quantitative estimate of drug-likeness (QED) is 0.403. The van der Waals surface area contributed by atoms with Crippen LogP contribution >= 0.6 is 0 Å². The van der Waals surface area contributed by atoms with Gasteiger partial charge in [0.2, 0.25) is 0 Å². The van der Waals surface area contributed by atoms with Crippen molar-refractivity contribution in [2.75, 3.05) is 0 Å². The van der Waals surface area contributed by atoms with Crippen molar-refractivity contribution in [1.82, 2.24) is 0 Å². The molecule has 0 nitrogen and oxygen atoms in total. The summed E-state index contributed by atoms with van der Waals surface area (Å²) in [5, 5.41) is 0. The van der Waals surface area contributed by atoms with Gasteiger partial charge in [0.15, 0.2) is 0 Å². The highest BCUT2D eigenvalue weighted by molar-refractivity contribution is 5.45. The topological polar surface area (TPSA) is 0 Å². The Morgan fingerprint density at radius 1 is 0.621 bits per heavy atom. The van der Waals surface area contributed by atoms with Crippen LogP contribution in [0.3, 0.4) is 0 Å². The molecule has 0 atom stereocenters. The molecule has 29 heavy (non-hydrogen) atoms. The van der Waals surface area contributed by atoms with E-state index in [1.54, 1.807) is 0 Å². The van der Waals surface area contributed by atoms with Crippen molar-refractivity contribution in [3.8, 4) is 0 Å². The van der Waals surface area contributed by atoms with Crippen LogP contribution in [0.15, 0.2) is 72.8 Å². The van der Waals surface area contributed by atoms with E-state index in [4.69, 9.17) is 0 Å². The van der Waals surface area contributed by atoms with Gasteiger partial charge in [-0.2, -0.15) is 0 Å². The molecule has 0 fully saturated rings. The Labute approximate surface area is 178 Å². The van der Waals surface area contributed by atoms with E-state index >= 15 is 0 Å². The van der Waals surface area contributed by atoms with E-state index in [2.05, 4.69) is 121 Å². The predicted octanol–water partition coefficient (Wildman–Crippen LogP) is 8.02. The molecule has 0 aliphatic heterocycles. The molecule has 0 unspecified atom stereocenters. The van der Waals surface area contributed by atoms with Crippen molar-refractivity contribution in [2.45, 2.75) is 71.6 Å². The molecule has 0 aliphatic carbocycles. The standard InChI is InChI=1S/C29H36/c1-8-22-12-16-24(17-13-22)28(4,5)26-10-9-11-27(20-26)29(6,7)25-18-14-23(15-19-25)21(2)3/h9-21H,8H2,1-7H3. The first-order chi connectivity index (χ1) is 13.7. The lowest BCUT2D eigenvalue weighted by molar-refractivity contribution is 0.617. The highest BCUT2D eigenvalue weighted by atomic mass is 14.3.